The van der Waals surface area contributed by atoms with Crippen LogP contribution in [-0.4, -0.2) is 38.8 Å². The van der Waals surface area contributed by atoms with Gasteiger partial charge in [0.2, 0.25) is 15.9 Å². The van der Waals surface area contributed by atoms with Crippen molar-refractivity contribution in [1.29, 1.82) is 0 Å². The number of carbonyl (C=O) groups excluding carboxylic acids is 1. The van der Waals surface area contributed by atoms with Crippen LogP contribution in [0.1, 0.15) is 61.8 Å². The molecule has 1 N–H and O–H groups in total. The van der Waals surface area contributed by atoms with Crippen molar-refractivity contribution in [3.05, 3.63) is 59.2 Å². The molecule has 1 amide bonds. The largest absolute Gasteiger partial charge is 0.497 e. The maximum atomic E-state index is 13.2. The van der Waals surface area contributed by atoms with Crippen LogP contribution in [0, 0.1) is 5.92 Å². The molecular formula is C26H34N2O4S. The summed E-state index contributed by atoms with van der Waals surface area (Å²) in [6.07, 6.45) is 6.88. The number of methoxy groups -OCH3 is 1. The molecule has 0 saturated carbocycles. The number of ether oxygens (including phenoxy) is 1. The summed E-state index contributed by atoms with van der Waals surface area (Å²) in [5.41, 5.74) is 3.98. The summed E-state index contributed by atoms with van der Waals surface area (Å²) < 4.78 is 32.9. The van der Waals surface area contributed by atoms with Crippen molar-refractivity contribution in [2.24, 2.45) is 5.92 Å². The predicted molar refractivity (Wildman–Crippen MR) is 129 cm³/mol. The minimum Gasteiger partial charge on any atom is -0.497 e. The molecule has 0 unspecified atom stereocenters. The maximum Gasteiger partial charge on any atom is 0.243 e. The van der Waals surface area contributed by atoms with Gasteiger partial charge in [0, 0.05) is 13.1 Å². The minimum absolute atomic E-state index is 0.0571. The number of aryl methyl sites for hydroxylation is 2. The summed E-state index contributed by atoms with van der Waals surface area (Å²) in [7, 11) is -2.11. The van der Waals surface area contributed by atoms with Gasteiger partial charge >= 0.3 is 0 Å². The molecule has 1 heterocycles. The Morgan fingerprint density at radius 3 is 2.52 bits per heavy atom. The fourth-order valence-corrected chi connectivity index (χ4v) is 6.48. The molecule has 6 nitrogen and oxygen atoms in total. The number of nitrogens with one attached hydrogen (secondary N) is 1. The van der Waals surface area contributed by atoms with Crippen molar-refractivity contribution >= 4 is 15.9 Å². The average Bonchev–Trinajstić information content (AvgIpc) is 2.87. The van der Waals surface area contributed by atoms with Crippen LogP contribution in [0.15, 0.2) is 47.4 Å². The van der Waals surface area contributed by atoms with Crippen molar-refractivity contribution < 1.29 is 17.9 Å². The Morgan fingerprint density at radius 2 is 1.82 bits per heavy atom. The zero-order valence-corrected chi connectivity index (χ0v) is 20.4. The van der Waals surface area contributed by atoms with Crippen LogP contribution in [0.4, 0.5) is 0 Å². The first-order valence-electron chi connectivity index (χ1n) is 12.0. The highest BCUT2D eigenvalue weighted by molar-refractivity contribution is 7.89. The van der Waals surface area contributed by atoms with Crippen LogP contribution in [0.2, 0.25) is 0 Å². The summed E-state index contributed by atoms with van der Waals surface area (Å²) in [6, 6.07) is 12.9. The number of benzene rings is 2. The van der Waals surface area contributed by atoms with E-state index in [1.165, 1.54) is 28.3 Å². The average molecular weight is 471 g/mol. The predicted octanol–water partition coefficient (Wildman–Crippen LogP) is 4.24. The molecule has 1 saturated heterocycles. The topological polar surface area (TPSA) is 75.7 Å². The molecule has 0 spiro atoms. The first-order valence-corrected chi connectivity index (χ1v) is 13.4. The number of nitrogens with zero attached hydrogens (tertiary/aromatic N) is 1. The van der Waals surface area contributed by atoms with Gasteiger partial charge in [0.15, 0.2) is 0 Å². The Kier molecular flexibility index (Phi) is 7.39. The Balaban J connectivity index is 1.44. The standard InChI is InChI=1S/C26H34N2O4S/c1-3-25(21-11-10-19-7-4-5-8-20(19)17-21)27-26(29)22-9-6-16-28(18-22)33(30,31)24-14-12-23(32-2)13-15-24/h10-15,17,22,25H,3-9,16,18H2,1-2H3,(H,27,29)/t22-,25-/m1/s1. The zero-order chi connectivity index (χ0) is 23.4. The SMILES string of the molecule is CC[C@@H](NC(=O)[C@@H]1CCCN(S(=O)(=O)c2ccc(OC)cc2)C1)c1ccc2c(c1)CCCC2. The molecule has 0 radical (unpaired) electrons. The molecule has 1 aliphatic heterocycles. The number of fused-ring (bicyclic) bond motifs is 1. The van der Waals surface area contributed by atoms with E-state index in [0.717, 1.165) is 24.8 Å². The highest BCUT2D eigenvalue weighted by atomic mass is 32.2. The Morgan fingerprint density at radius 1 is 1.09 bits per heavy atom. The van der Waals surface area contributed by atoms with Crippen molar-refractivity contribution in [2.45, 2.75) is 62.8 Å². The maximum absolute atomic E-state index is 13.2. The fourth-order valence-electron chi connectivity index (χ4n) is 4.95. The van der Waals surface area contributed by atoms with Gasteiger partial charge in [0.1, 0.15) is 5.75 Å². The zero-order valence-electron chi connectivity index (χ0n) is 19.5. The summed E-state index contributed by atoms with van der Waals surface area (Å²) in [5, 5.41) is 3.21. The summed E-state index contributed by atoms with van der Waals surface area (Å²) in [5.74, 6) is 0.199. The molecule has 178 valence electrons. The number of sulfonamides is 1. The normalized spacial score (nSPS) is 20.0. The minimum atomic E-state index is -3.65. The fraction of sp³-hybridized carbons (Fsp3) is 0.500. The van der Waals surface area contributed by atoms with Crippen molar-refractivity contribution in [2.75, 3.05) is 20.2 Å². The highest BCUT2D eigenvalue weighted by Gasteiger charge is 2.34. The van der Waals surface area contributed by atoms with E-state index in [1.807, 2.05) is 0 Å². The van der Waals surface area contributed by atoms with Gasteiger partial charge in [-0.15, -0.1) is 0 Å². The lowest BCUT2D eigenvalue weighted by Gasteiger charge is -2.32. The second-order valence-corrected chi connectivity index (χ2v) is 11.0. The molecule has 33 heavy (non-hydrogen) atoms. The van der Waals surface area contributed by atoms with E-state index >= 15 is 0 Å². The first-order chi connectivity index (χ1) is 15.9. The van der Waals surface area contributed by atoms with Crippen LogP contribution < -0.4 is 10.1 Å². The van der Waals surface area contributed by atoms with Crippen LogP contribution in [0.25, 0.3) is 0 Å². The van der Waals surface area contributed by atoms with Gasteiger partial charge in [0.05, 0.1) is 24.0 Å². The Labute approximate surface area is 197 Å². The highest BCUT2D eigenvalue weighted by Crippen LogP contribution is 2.28. The van der Waals surface area contributed by atoms with Gasteiger partial charge in [-0.05, 0) is 85.9 Å². The van der Waals surface area contributed by atoms with E-state index in [0.29, 0.717) is 25.1 Å². The van der Waals surface area contributed by atoms with Crippen LogP contribution >= 0.6 is 0 Å². The summed E-state index contributed by atoms with van der Waals surface area (Å²) >= 11 is 0. The van der Waals surface area contributed by atoms with E-state index in [9.17, 15) is 13.2 Å². The summed E-state index contributed by atoms with van der Waals surface area (Å²) in [6.45, 7) is 2.71. The van der Waals surface area contributed by atoms with Gasteiger partial charge in [-0.25, -0.2) is 8.42 Å². The van der Waals surface area contributed by atoms with Crippen molar-refractivity contribution in [1.82, 2.24) is 9.62 Å². The number of carbonyl (C=O) groups is 1. The van der Waals surface area contributed by atoms with E-state index in [2.05, 4.69) is 30.4 Å². The molecule has 2 aromatic rings. The lowest BCUT2D eigenvalue weighted by molar-refractivity contribution is -0.126. The molecule has 2 aromatic carbocycles. The van der Waals surface area contributed by atoms with Gasteiger partial charge in [-0.1, -0.05) is 25.1 Å². The van der Waals surface area contributed by atoms with Crippen LogP contribution in [0.3, 0.4) is 0 Å². The molecule has 0 aromatic heterocycles. The van der Waals surface area contributed by atoms with Gasteiger partial charge in [0.25, 0.3) is 0 Å². The second kappa shape index (κ2) is 10.3. The Bertz CT molecular complexity index is 1080. The smallest absolute Gasteiger partial charge is 0.243 e. The first kappa shape index (κ1) is 23.8. The molecule has 2 atom stereocenters. The van der Waals surface area contributed by atoms with Gasteiger partial charge in [-0.2, -0.15) is 4.31 Å². The van der Waals surface area contributed by atoms with E-state index in [1.54, 1.807) is 31.4 Å². The molecule has 1 aliphatic carbocycles. The van der Waals surface area contributed by atoms with Crippen molar-refractivity contribution in [3.8, 4) is 5.75 Å². The van der Waals surface area contributed by atoms with Crippen LogP contribution in [0.5, 0.6) is 5.75 Å². The monoisotopic (exact) mass is 470 g/mol. The van der Waals surface area contributed by atoms with Crippen molar-refractivity contribution in [3.63, 3.8) is 0 Å². The quantitative estimate of drug-likeness (QED) is 0.657. The molecule has 7 heteroatoms. The molecule has 0 bridgehead atoms. The number of piperidine rings is 1. The molecule has 4 rings (SSSR count). The molecular weight excluding hydrogens is 436 g/mol. The number of amides is 1. The lowest BCUT2D eigenvalue weighted by Crippen LogP contribution is -2.46. The number of rotatable bonds is 7. The Hall–Kier alpha value is -2.38. The van der Waals surface area contributed by atoms with Gasteiger partial charge < -0.3 is 10.1 Å². The van der Waals surface area contributed by atoms with Gasteiger partial charge in [-0.3, -0.25) is 4.79 Å². The third-order valence-corrected chi connectivity index (χ3v) is 8.83. The number of hydrogen-bond acceptors (Lipinski definition) is 4. The third-order valence-electron chi connectivity index (χ3n) is 6.95. The van der Waals surface area contributed by atoms with E-state index in [-0.39, 0.29) is 29.3 Å². The number of hydrogen-bond donors (Lipinski definition) is 1. The lowest BCUT2D eigenvalue weighted by atomic mass is 9.88. The van der Waals surface area contributed by atoms with Crippen LogP contribution in [-0.2, 0) is 27.7 Å². The van der Waals surface area contributed by atoms with E-state index in [4.69, 9.17) is 4.74 Å². The second-order valence-electron chi connectivity index (χ2n) is 9.08. The van der Waals surface area contributed by atoms with E-state index < -0.39 is 10.0 Å². The third kappa shape index (κ3) is 5.25. The molecule has 1 fully saturated rings. The molecule has 2 aliphatic rings. The summed E-state index contributed by atoms with van der Waals surface area (Å²) in [4.78, 5) is 13.4.